The van der Waals surface area contributed by atoms with Crippen molar-refractivity contribution in [2.45, 2.75) is 20.4 Å². The molecule has 0 saturated carbocycles. The Hall–Kier alpha value is -2.55. The van der Waals surface area contributed by atoms with Crippen LogP contribution in [0, 0.1) is 6.92 Å². The molecule has 0 atom stereocenters. The zero-order valence-corrected chi connectivity index (χ0v) is 12.1. The number of aryl methyl sites for hydroxylation is 2. The van der Waals surface area contributed by atoms with E-state index < -0.39 is 0 Å². The number of pyridine rings is 1. The first-order valence-electron chi connectivity index (χ1n) is 7.19. The highest BCUT2D eigenvalue weighted by Crippen LogP contribution is 2.36. The molecule has 104 valence electrons. The fraction of sp³-hybridized carbons (Fsp3) is 0.167. The molecule has 3 nitrogen and oxygen atoms in total. The van der Waals surface area contributed by atoms with Crippen LogP contribution in [-0.4, -0.2) is 14.7 Å². The molecule has 0 aliphatic carbocycles. The van der Waals surface area contributed by atoms with Gasteiger partial charge in [0.25, 0.3) is 0 Å². The second-order valence-electron chi connectivity index (χ2n) is 5.44. The van der Waals surface area contributed by atoms with Crippen LogP contribution in [-0.2, 0) is 6.54 Å². The minimum atomic E-state index is 0.307. The standard InChI is InChI=1S/C18H16N2O/c1-3-20-17-5-4-13(21)9-15(17)16-8-12-10-19-7-6-14(12)11(2)18(16)20/h4-10,21H,3H2,1-2H3. The zero-order chi connectivity index (χ0) is 14.6. The van der Waals surface area contributed by atoms with Gasteiger partial charge in [-0.3, -0.25) is 4.98 Å². The Balaban J connectivity index is 2.34. The fourth-order valence-electron chi connectivity index (χ4n) is 3.39. The Labute approximate surface area is 122 Å². The third kappa shape index (κ3) is 1.57. The summed E-state index contributed by atoms with van der Waals surface area (Å²) in [5.74, 6) is 0.307. The van der Waals surface area contributed by atoms with Crippen molar-refractivity contribution in [2.75, 3.05) is 0 Å². The average molecular weight is 276 g/mol. The molecular weight excluding hydrogens is 260 g/mol. The Morgan fingerprint density at radius 1 is 1.10 bits per heavy atom. The number of rotatable bonds is 1. The van der Waals surface area contributed by atoms with E-state index in [1.165, 1.54) is 21.9 Å². The Morgan fingerprint density at radius 3 is 2.76 bits per heavy atom. The number of aromatic nitrogens is 2. The molecule has 0 radical (unpaired) electrons. The van der Waals surface area contributed by atoms with Gasteiger partial charge in [-0.1, -0.05) is 0 Å². The first kappa shape index (κ1) is 12.2. The van der Waals surface area contributed by atoms with Gasteiger partial charge in [-0.2, -0.15) is 0 Å². The third-order valence-electron chi connectivity index (χ3n) is 4.31. The molecule has 0 amide bonds. The highest BCUT2D eigenvalue weighted by Gasteiger charge is 2.14. The fourth-order valence-corrected chi connectivity index (χ4v) is 3.39. The maximum atomic E-state index is 9.83. The van der Waals surface area contributed by atoms with E-state index in [1.807, 2.05) is 24.5 Å². The number of benzene rings is 2. The predicted octanol–water partition coefficient (Wildman–Crippen LogP) is 4.38. The highest BCUT2D eigenvalue weighted by molar-refractivity contribution is 6.14. The van der Waals surface area contributed by atoms with Crippen molar-refractivity contribution in [3.05, 3.63) is 48.3 Å². The number of fused-ring (bicyclic) bond motifs is 4. The van der Waals surface area contributed by atoms with Gasteiger partial charge in [0.15, 0.2) is 0 Å². The molecule has 21 heavy (non-hydrogen) atoms. The molecule has 0 saturated heterocycles. The number of aromatic hydroxyl groups is 1. The van der Waals surface area contributed by atoms with Crippen molar-refractivity contribution in [1.82, 2.24) is 9.55 Å². The molecule has 3 heteroatoms. The largest absolute Gasteiger partial charge is 0.508 e. The molecule has 1 N–H and O–H groups in total. The van der Waals surface area contributed by atoms with E-state index in [4.69, 9.17) is 0 Å². The number of hydrogen-bond donors (Lipinski definition) is 1. The van der Waals surface area contributed by atoms with E-state index in [0.717, 1.165) is 22.8 Å². The molecule has 0 unspecified atom stereocenters. The van der Waals surface area contributed by atoms with E-state index in [0.29, 0.717) is 5.75 Å². The van der Waals surface area contributed by atoms with Gasteiger partial charge < -0.3 is 9.67 Å². The quantitative estimate of drug-likeness (QED) is 0.560. The monoisotopic (exact) mass is 276 g/mol. The summed E-state index contributed by atoms with van der Waals surface area (Å²) in [5.41, 5.74) is 3.68. The summed E-state index contributed by atoms with van der Waals surface area (Å²) in [4.78, 5) is 4.23. The second-order valence-corrected chi connectivity index (χ2v) is 5.44. The Morgan fingerprint density at radius 2 is 1.95 bits per heavy atom. The van der Waals surface area contributed by atoms with Gasteiger partial charge in [-0.15, -0.1) is 0 Å². The average Bonchev–Trinajstić information content (AvgIpc) is 2.81. The molecule has 2 aromatic carbocycles. The normalized spacial score (nSPS) is 11.7. The van der Waals surface area contributed by atoms with Crippen molar-refractivity contribution < 1.29 is 5.11 Å². The minimum absolute atomic E-state index is 0.307. The van der Waals surface area contributed by atoms with Crippen molar-refractivity contribution in [3.63, 3.8) is 0 Å². The Kier molecular flexibility index (Phi) is 2.45. The SMILES string of the molecule is CCn1c2ccc(O)cc2c2cc3cnccc3c(C)c21. The number of phenolic OH excluding ortho intramolecular Hbond substituents is 1. The van der Waals surface area contributed by atoms with Crippen LogP contribution in [0.15, 0.2) is 42.7 Å². The summed E-state index contributed by atoms with van der Waals surface area (Å²) in [6.07, 6.45) is 3.74. The van der Waals surface area contributed by atoms with Crippen LogP contribution in [0.2, 0.25) is 0 Å². The van der Waals surface area contributed by atoms with E-state index in [2.05, 4.69) is 35.5 Å². The van der Waals surface area contributed by atoms with Gasteiger partial charge in [0, 0.05) is 40.6 Å². The van der Waals surface area contributed by atoms with Crippen molar-refractivity contribution >= 4 is 32.6 Å². The number of nitrogens with zero attached hydrogens (tertiary/aromatic N) is 2. The predicted molar refractivity (Wildman–Crippen MR) is 86.8 cm³/mol. The summed E-state index contributed by atoms with van der Waals surface area (Å²) in [7, 11) is 0. The first-order chi connectivity index (χ1) is 10.2. The van der Waals surface area contributed by atoms with Gasteiger partial charge in [-0.05, 0) is 55.1 Å². The van der Waals surface area contributed by atoms with Gasteiger partial charge in [0.1, 0.15) is 5.75 Å². The smallest absolute Gasteiger partial charge is 0.116 e. The minimum Gasteiger partial charge on any atom is -0.508 e. The second kappa shape index (κ2) is 4.22. The maximum Gasteiger partial charge on any atom is 0.116 e. The van der Waals surface area contributed by atoms with E-state index in [-0.39, 0.29) is 0 Å². The highest BCUT2D eigenvalue weighted by atomic mass is 16.3. The number of phenols is 1. The maximum absolute atomic E-state index is 9.83. The molecule has 4 aromatic rings. The molecule has 0 spiro atoms. The topological polar surface area (TPSA) is 38.0 Å². The van der Waals surface area contributed by atoms with E-state index in [1.54, 1.807) is 6.07 Å². The summed E-state index contributed by atoms with van der Waals surface area (Å²) in [6.45, 7) is 5.22. The lowest BCUT2D eigenvalue weighted by Crippen LogP contribution is -1.95. The summed E-state index contributed by atoms with van der Waals surface area (Å²) < 4.78 is 2.32. The van der Waals surface area contributed by atoms with Crippen molar-refractivity contribution in [2.24, 2.45) is 0 Å². The molecule has 4 rings (SSSR count). The molecule has 2 heterocycles. The first-order valence-corrected chi connectivity index (χ1v) is 7.19. The van der Waals surface area contributed by atoms with Gasteiger partial charge in [0.05, 0.1) is 5.52 Å². The summed E-state index contributed by atoms with van der Waals surface area (Å²) >= 11 is 0. The van der Waals surface area contributed by atoms with Crippen molar-refractivity contribution in [3.8, 4) is 5.75 Å². The van der Waals surface area contributed by atoms with Gasteiger partial charge in [0.2, 0.25) is 0 Å². The molecule has 0 aliphatic rings. The van der Waals surface area contributed by atoms with Crippen molar-refractivity contribution in [1.29, 1.82) is 0 Å². The van der Waals surface area contributed by atoms with Gasteiger partial charge >= 0.3 is 0 Å². The van der Waals surface area contributed by atoms with E-state index >= 15 is 0 Å². The van der Waals surface area contributed by atoms with Crippen LogP contribution < -0.4 is 0 Å². The van der Waals surface area contributed by atoms with Crippen LogP contribution in [0.3, 0.4) is 0 Å². The molecule has 0 fully saturated rings. The van der Waals surface area contributed by atoms with Crippen LogP contribution in [0.25, 0.3) is 32.6 Å². The van der Waals surface area contributed by atoms with Crippen LogP contribution in [0.4, 0.5) is 0 Å². The van der Waals surface area contributed by atoms with Crippen LogP contribution >= 0.6 is 0 Å². The summed E-state index contributed by atoms with van der Waals surface area (Å²) in [6, 6.07) is 9.85. The molecule has 0 bridgehead atoms. The van der Waals surface area contributed by atoms with Crippen LogP contribution in [0.5, 0.6) is 5.75 Å². The zero-order valence-electron chi connectivity index (χ0n) is 12.1. The number of hydrogen-bond acceptors (Lipinski definition) is 2. The lowest BCUT2D eigenvalue weighted by molar-refractivity contribution is 0.476. The van der Waals surface area contributed by atoms with E-state index in [9.17, 15) is 5.11 Å². The summed E-state index contributed by atoms with van der Waals surface area (Å²) in [5, 5.41) is 14.5. The van der Waals surface area contributed by atoms with Gasteiger partial charge in [-0.25, -0.2) is 0 Å². The molecule has 0 aliphatic heterocycles. The molecular formula is C18H16N2O. The third-order valence-corrected chi connectivity index (χ3v) is 4.31. The Bertz CT molecular complexity index is 999. The van der Waals surface area contributed by atoms with Crippen LogP contribution in [0.1, 0.15) is 12.5 Å². The molecule has 2 aromatic heterocycles. The lowest BCUT2D eigenvalue weighted by Gasteiger charge is -2.08. The lowest BCUT2D eigenvalue weighted by atomic mass is 10.0.